The molecule has 0 aromatic rings. The first kappa shape index (κ1) is 14.2. The van der Waals surface area contributed by atoms with Crippen molar-refractivity contribution in [3.8, 4) is 0 Å². The Labute approximate surface area is 109 Å². The van der Waals surface area contributed by atoms with Gasteiger partial charge in [-0.25, -0.2) is 0 Å². The number of piperidine rings is 1. The zero-order valence-electron chi connectivity index (χ0n) is 9.44. The van der Waals surface area contributed by atoms with E-state index in [1.54, 1.807) is 29.5 Å². The van der Waals surface area contributed by atoms with E-state index in [2.05, 4.69) is 5.32 Å². The highest BCUT2D eigenvalue weighted by Crippen LogP contribution is 2.25. The van der Waals surface area contributed by atoms with Crippen LogP contribution in [0.25, 0.3) is 0 Å². The van der Waals surface area contributed by atoms with Gasteiger partial charge in [-0.2, -0.15) is 0 Å². The minimum atomic E-state index is -1.32. The summed E-state index contributed by atoms with van der Waals surface area (Å²) in [4.78, 5) is 0. The fourth-order valence-corrected chi connectivity index (χ4v) is 1.71. The minimum absolute atomic E-state index is 0.0569. The first-order valence-corrected chi connectivity index (χ1v) is 6.22. The van der Waals surface area contributed by atoms with Gasteiger partial charge in [0.1, 0.15) is 6.10 Å². The number of halogens is 1. The zero-order valence-corrected chi connectivity index (χ0v) is 11.6. The zero-order chi connectivity index (χ0) is 12.2. The molecule has 0 amide bonds. The quantitative estimate of drug-likeness (QED) is 0.307. The maximum atomic E-state index is 9.80. The van der Waals surface area contributed by atoms with Crippen molar-refractivity contribution in [2.24, 2.45) is 0 Å². The first-order chi connectivity index (χ1) is 7.49. The summed E-state index contributed by atoms with van der Waals surface area (Å²) in [6.45, 7) is 3.15. The van der Waals surface area contributed by atoms with Crippen molar-refractivity contribution in [2.45, 2.75) is 29.3 Å². The largest absolute Gasteiger partial charge is 0.516 e. The van der Waals surface area contributed by atoms with Crippen molar-refractivity contribution in [2.75, 3.05) is 20.2 Å². The molecule has 1 fully saturated rings. The summed E-state index contributed by atoms with van der Waals surface area (Å²) in [6.07, 6.45) is 1.28. The average Bonchev–Trinajstić information content (AvgIpc) is 2.29. The molecule has 5 nitrogen and oxygen atoms in total. The Morgan fingerprint density at radius 1 is 1.69 bits per heavy atom. The number of rotatable bonds is 4. The van der Waals surface area contributed by atoms with Crippen LogP contribution in [0.3, 0.4) is 0 Å². The number of aliphatic hydroxyl groups excluding tert-OH is 1. The van der Waals surface area contributed by atoms with Crippen LogP contribution in [-0.2, 0) is 9.47 Å². The number of methoxy groups -OCH3 is 1. The Morgan fingerprint density at radius 3 is 2.94 bits per heavy atom. The van der Waals surface area contributed by atoms with E-state index in [0.29, 0.717) is 19.5 Å². The van der Waals surface area contributed by atoms with Crippen LogP contribution in [0.4, 0.5) is 0 Å². The molecule has 3 N–H and O–H groups in total. The number of hydrogen-bond donors (Lipinski definition) is 3. The summed E-state index contributed by atoms with van der Waals surface area (Å²) >= 11 is 1.80. The maximum Gasteiger partial charge on any atom is 0.245 e. The van der Waals surface area contributed by atoms with Crippen LogP contribution >= 0.6 is 22.6 Å². The Bertz CT molecular complexity index is 257. The Balaban J connectivity index is 2.48. The van der Waals surface area contributed by atoms with Crippen LogP contribution in [-0.4, -0.2) is 46.4 Å². The molecular formula is C10H18INO4. The highest BCUT2D eigenvalue weighted by molar-refractivity contribution is 14.1. The highest BCUT2D eigenvalue weighted by atomic mass is 127. The van der Waals surface area contributed by atoms with Crippen LogP contribution in [0.5, 0.6) is 0 Å². The van der Waals surface area contributed by atoms with Gasteiger partial charge in [-0.3, -0.25) is 0 Å². The summed E-state index contributed by atoms with van der Waals surface area (Å²) in [5.41, 5.74) is 0.901. The second-order valence-corrected chi connectivity index (χ2v) is 5.38. The number of ether oxygens (including phenoxy) is 2. The van der Waals surface area contributed by atoms with Gasteiger partial charge >= 0.3 is 0 Å². The summed E-state index contributed by atoms with van der Waals surface area (Å²) in [5, 5.41) is 21.8. The van der Waals surface area contributed by atoms with E-state index in [4.69, 9.17) is 14.6 Å². The third-order valence-corrected chi connectivity index (χ3v) is 3.90. The summed E-state index contributed by atoms with van der Waals surface area (Å²) in [6, 6.07) is 0. The van der Waals surface area contributed by atoms with Crippen molar-refractivity contribution in [3.63, 3.8) is 0 Å². The van der Waals surface area contributed by atoms with Crippen LogP contribution in [0.2, 0.25) is 0 Å². The number of alkyl halides is 1. The molecule has 1 aliphatic rings. The van der Waals surface area contributed by atoms with Crippen LogP contribution in [0.1, 0.15) is 13.3 Å². The van der Waals surface area contributed by atoms with Gasteiger partial charge in [0, 0.05) is 26.6 Å². The predicted molar refractivity (Wildman–Crippen MR) is 68.5 cm³/mol. The van der Waals surface area contributed by atoms with E-state index < -0.39 is 9.90 Å². The Hall–Kier alpha value is 0.110. The summed E-state index contributed by atoms with van der Waals surface area (Å²) in [7, 11) is 1.43. The molecule has 0 spiro atoms. The number of nitrogens with one attached hydrogen (secondary N) is 1. The van der Waals surface area contributed by atoms with Gasteiger partial charge < -0.3 is 25.0 Å². The van der Waals surface area contributed by atoms with Gasteiger partial charge in [-0.05, 0) is 35.1 Å². The topological polar surface area (TPSA) is 71.0 Å². The van der Waals surface area contributed by atoms with E-state index in [0.717, 1.165) is 11.8 Å². The van der Waals surface area contributed by atoms with Crippen molar-refractivity contribution >= 4 is 22.6 Å². The molecular weight excluding hydrogens is 325 g/mol. The molecule has 1 heterocycles. The smallest absolute Gasteiger partial charge is 0.245 e. The minimum Gasteiger partial charge on any atom is -0.516 e. The van der Waals surface area contributed by atoms with Crippen LogP contribution < -0.4 is 5.32 Å². The molecule has 1 aliphatic heterocycles. The van der Waals surface area contributed by atoms with Crippen molar-refractivity contribution in [3.05, 3.63) is 11.8 Å². The second-order valence-electron chi connectivity index (χ2n) is 3.84. The lowest BCUT2D eigenvalue weighted by molar-refractivity contribution is -0.186. The van der Waals surface area contributed by atoms with E-state index in [-0.39, 0.29) is 6.10 Å². The monoisotopic (exact) mass is 343 g/mol. The number of aliphatic hydroxyl groups is 2. The summed E-state index contributed by atoms with van der Waals surface area (Å²) < 4.78 is 9.29. The third kappa shape index (κ3) is 3.85. The molecule has 1 saturated heterocycles. The molecule has 94 valence electrons. The molecule has 0 unspecified atom stereocenters. The lowest BCUT2D eigenvalue weighted by atomic mass is 10.1. The average molecular weight is 343 g/mol. The van der Waals surface area contributed by atoms with Gasteiger partial charge in [0.05, 0.1) is 12.4 Å². The van der Waals surface area contributed by atoms with E-state index in [1.165, 1.54) is 7.11 Å². The van der Waals surface area contributed by atoms with E-state index in [1.807, 2.05) is 0 Å². The fraction of sp³-hybridized carbons (Fsp3) is 0.800. The molecule has 16 heavy (non-hydrogen) atoms. The third-order valence-electron chi connectivity index (χ3n) is 2.58. The molecule has 0 bridgehead atoms. The molecule has 0 saturated carbocycles. The van der Waals surface area contributed by atoms with Gasteiger partial charge in [-0.1, -0.05) is 0 Å². The normalized spacial score (nSPS) is 30.0. The van der Waals surface area contributed by atoms with Gasteiger partial charge in [0.2, 0.25) is 3.79 Å². The molecule has 3 atom stereocenters. The molecule has 0 radical (unpaired) electrons. The van der Waals surface area contributed by atoms with Crippen molar-refractivity contribution < 1.29 is 19.7 Å². The SMILES string of the molecule is CO[C@](O)(I)[C@H](C)O[C@@H]1CNC/C(=C/O)C1. The highest BCUT2D eigenvalue weighted by Gasteiger charge is 2.33. The van der Waals surface area contributed by atoms with Gasteiger partial charge in [-0.15, -0.1) is 0 Å². The van der Waals surface area contributed by atoms with Crippen molar-refractivity contribution in [1.82, 2.24) is 5.32 Å². The molecule has 1 rings (SSSR count). The lowest BCUT2D eigenvalue weighted by Crippen LogP contribution is -2.44. The lowest BCUT2D eigenvalue weighted by Gasteiger charge is -2.32. The Morgan fingerprint density at radius 2 is 2.38 bits per heavy atom. The predicted octanol–water partition coefficient (Wildman–Crippen LogP) is 0.923. The van der Waals surface area contributed by atoms with Gasteiger partial charge in [0.25, 0.3) is 0 Å². The second kappa shape index (κ2) is 6.15. The van der Waals surface area contributed by atoms with Crippen LogP contribution in [0, 0.1) is 0 Å². The maximum absolute atomic E-state index is 9.80. The first-order valence-electron chi connectivity index (χ1n) is 5.14. The molecule has 6 heteroatoms. The summed E-state index contributed by atoms with van der Waals surface area (Å²) in [5.74, 6) is 0. The van der Waals surface area contributed by atoms with E-state index >= 15 is 0 Å². The number of hydrogen-bond acceptors (Lipinski definition) is 5. The molecule has 0 aromatic carbocycles. The molecule has 0 aromatic heterocycles. The Kier molecular flexibility index (Phi) is 5.45. The molecule has 0 aliphatic carbocycles. The van der Waals surface area contributed by atoms with Gasteiger partial charge in [0.15, 0.2) is 0 Å². The standard InChI is InChI=1S/C10H18INO4/c1-7(10(11,14)15-2)16-9-3-8(6-13)4-12-5-9/h6-7,9,12-14H,3-5H2,1-2H3/b8-6+/t7-,9-,10-/m0/s1. The van der Waals surface area contributed by atoms with Crippen molar-refractivity contribution in [1.29, 1.82) is 0 Å². The fourth-order valence-electron chi connectivity index (χ4n) is 1.56. The van der Waals surface area contributed by atoms with E-state index in [9.17, 15) is 5.11 Å². The van der Waals surface area contributed by atoms with Crippen LogP contribution in [0.15, 0.2) is 11.8 Å².